The first-order chi connectivity index (χ1) is 12.1. The average Bonchev–Trinajstić information content (AvgIpc) is 2.54. The molecule has 0 aliphatic heterocycles. The van der Waals surface area contributed by atoms with Gasteiger partial charge in [-0.15, -0.1) is 0 Å². The van der Waals surface area contributed by atoms with Crippen LogP contribution in [0, 0.1) is 12.7 Å². The predicted octanol–water partition coefficient (Wildman–Crippen LogP) is 2.54. The highest BCUT2D eigenvalue weighted by Crippen LogP contribution is 2.26. The van der Waals surface area contributed by atoms with E-state index in [-0.39, 0.29) is 11.3 Å². The summed E-state index contributed by atoms with van der Waals surface area (Å²) in [6.45, 7) is 0.858. The van der Waals surface area contributed by atoms with E-state index in [1.54, 1.807) is 0 Å². The number of benzene rings is 1. The van der Waals surface area contributed by atoms with Gasteiger partial charge in [-0.25, -0.2) is 14.4 Å². The lowest BCUT2D eigenvalue weighted by Gasteiger charge is -2.14. The van der Waals surface area contributed by atoms with Crippen molar-refractivity contribution in [3.8, 4) is 0 Å². The van der Waals surface area contributed by atoms with Crippen LogP contribution in [0.5, 0.6) is 0 Å². The molecule has 2 aromatic rings. The molecule has 1 heterocycles. The highest BCUT2D eigenvalue weighted by Gasteiger charge is 2.35. The molecule has 1 atom stereocenters. The third kappa shape index (κ3) is 4.74. The fourth-order valence-corrected chi connectivity index (χ4v) is 2.14. The highest BCUT2D eigenvalue weighted by atomic mass is 19.4. The first-order valence-electron chi connectivity index (χ1n) is 7.27. The molecule has 0 bridgehead atoms. The van der Waals surface area contributed by atoms with Crippen molar-refractivity contribution >= 4 is 11.9 Å². The van der Waals surface area contributed by atoms with Crippen LogP contribution in [0.1, 0.15) is 33.5 Å². The van der Waals surface area contributed by atoms with Crippen LogP contribution >= 0.6 is 0 Å². The number of carbonyl (C=O) groups is 2. The van der Waals surface area contributed by atoms with Crippen molar-refractivity contribution < 1.29 is 32.3 Å². The summed E-state index contributed by atoms with van der Waals surface area (Å²) in [7, 11) is 0. The number of rotatable bonds is 5. The van der Waals surface area contributed by atoms with E-state index in [0.717, 1.165) is 18.2 Å². The maximum atomic E-state index is 12.9. The molecular weight excluding hydrogens is 358 g/mol. The summed E-state index contributed by atoms with van der Waals surface area (Å²) in [6, 6.07) is 5.68. The van der Waals surface area contributed by atoms with Gasteiger partial charge in [0.25, 0.3) is 5.91 Å². The third-order valence-corrected chi connectivity index (χ3v) is 3.38. The Bertz CT molecular complexity index is 822. The number of nitrogens with one attached hydrogen (secondary N) is 1. The quantitative estimate of drug-likeness (QED) is 0.788. The van der Waals surface area contributed by atoms with E-state index in [2.05, 4.69) is 15.3 Å². The topological polar surface area (TPSA) is 92.2 Å². The lowest BCUT2D eigenvalue weighted by atomic mass is 9.99. The number of alkyl halides is 3. The number of carboxylic acids is 1. The number of halogens is 4. The number of amides is 1. The summed E-state index contributed by atoms with van der Waals surface area (Å²) in [5, 5.41) is 11.5. The number of aryl methyl sites for hydroxylation is 1. The van der Waals surface area contributed by atoms with Crippen molar-refractivity contribution in [1.29, 1.82) is 0 Å². The number of hydrogen-bond acceptors (Lipinski definition) is 4. The predicted molar refractivity (Wildman–Crippen MR) is 80.9 cm³/mol. The monoisotopic (exact) mass is 371 g/mol. The second-order valence-electron chi connectivity index (χ2n) is 5.37. The number of carbonyl (C=O) groups excluding carboxylic acids is 1. The molecule has 2 N–H and O–H groups in total. The SMILES string of the molecule is Cc1cc(C(=O)NCC(C(=O)O)c2ccc(F)cc2)nc(C(F)(F)F)n1. The van der Waals surface area contributed by atoms with Gasteiger partial charge in [0.1, 0.15) is 11.5 Å². The van der Waals surface area contributed by atoms with Crippen LogP contribution in [0.2, 0.25) is 0 Å². The molecule has 1 unspecified atom stereocenters. The molecule has 0 aliphatic rings. The number of nitrogens with zero attached hydrogens (tertiary/aromatic N) is 2. The molecule has 26 heavy (non-hydrogen) atoms. The van der Waals surface area contributed by atoms with Crippen molar-refractivity contribution in [3.63, 3.8) is 0 Å². The van der Waals surface area contributed by atoms with Crippen molar-refractivity contribution in [3.05, 3.63) is 58.9 Å². The molecule has 6 nitrogen and oxygen atoms in total. The van der Waals surface area contributed by atoms with Crippen LogP contribution < -0.4 is 5.32 Å². The molecule has 1 aromatic carbocycles. The van der Waals surface area contributed by atoms with Crippen LogP contribution in [-0.4, -0.2) is 33.5 Å². The second kappa shape index (κ2) is 7.46. The van der Waals surface area contributed by atoms with E-state index in [1.165, 1.54) is 19.1 Å². The Morgan fingerprint density at radius 3 is 2.35 bits per heavy atom. The molecule has 2 rings (SSSR count). The number of hydrogen-bond donors (Lipinski definition) is 2. The van der Waals surface area contributed by atoms with Crippen molar-refractivity contribution in [2.45, 2.75) is 19.0 Å². The summed E-state index contributed by atoms with van der Waals surface area (Å²) >= 11 is 0. The van der Waals surface area contributed by atoms with Gasteiger partial charge in [-0.3, -0.25) is 9.59 Å². The second-order valence-corrected chi connectivity index (χ2v) is 5.37. The van der Waals surface area contributed by atoms with Crippen LogP contribution in [0.15, 0.2) is 30.3 Å². The van der Waals surface area contributed by atoms with E-state index in [9.17, 15) is 32.3 Å². The van der Waals surface area contributed by atoms with Gasteiger partial charge in [0.15, 0.2) is 0 Å². The molecule has 0 fully saturated rings. The Balaban J connectivity index is 2.17. The lowest BCUT2D eigenvalue weighted by molar-refractivity contribution is -0.145. The van der Waals surface area contributed by atoms with Crippen molar-refractivity contribution in [2.75, 3.05) is 6.54 Å². The minimum absolute atomic E-state index is 0.0641. The van der Waals surface area contributed by atoms with Crippen molar-refractivity contribution in [1.82, 2.24) is 15.3 Å². The van der Waals surface area contributed by atoms with Gasteiger partial charge in [-0.1, -0.05) is 12.1 Å². The maximum absolute atomic E-state index is 12.9. The Hall–Kier alpha value is -3.04. The van der Waals surface area contributed by atoms with E-state index < -0.39 is 47.9 Å². The molecule has 0 radical (unpaired) electrons. The first-order valence-corrected chi connectivity index (χ1v) is 7.27. The van der Waals surface area contributed by atoms with E-state index in [4.69, 9.17) is 0 Å². The highest BCUT2D eigenvalue weighted by molar-refractivity contribution is 5.92. The molecule has 0 saturated carbocycles. The maximum Gasteiger partial charge on any atom is 0.451 e. The minimum atomic E-state index is -4.82. The van der Waals surface area contributed by atoms with Crippen molar-refractivity contribution in [2.24, 2.45) is 0 Å². The van der Waals surface area contributed by atoms with E-state index in [1.807, 2.05) is 0 Å². The summed E-state index contributed by atoms with van der Waals surface area (Å²) < 4.78 is 51.1. The van der Waals surface area contributed by atoms with Gasteiger partial charge in [-0.2, -0.15) is 13.2 Å². The first kappa shape index (κ1) is 19.3. The van der Waals surface area contributed by atoms with Crippen LogP contribution in [0.25, 0.3) is 0 Å². The largest absolute Gasteiger partial charge is 0.481 e. The van der Waals surface area contributed by atoms with Gasteiger partial charge < -0.3 is 10.4 Å². The number of aliphatic carboxylic acids is 1. The normalized spacial score (nSPS) is 12.5. The lowest BCUT2D eigenvalue weighted by Crippen LogP contribution is -2.32. The number of aromatic nitrogens is 2. The average molecular weight is 371 g/mol. The van der Waals surface area contributed by atoms with E-state index >= 15 is 0 Å². The Morgan fingerprint density at radius 2 is 1.81 bits per heavy atom. The Labute approximate surface area is 144 Å². The number of carboxylic acid groups (broad SMARTS) is 1. The molecule has 0 spiro atoms. The third-order valence-electron chi connectivity index (χ3n) is 3.38. The smallest absolute Gasteiger partial charge is 0.451 e. The molecule has 1 aromatic heterocycles. The van der Waals surface area contributed by atoms with Gasteiger partial charge in [-0.05, 0) is 30.7 Å². The van der Waals surface area contributed by atoms with Gasteiger partial charge in [0.05, 0.1) is 5.92 Å². The van der Waals surface area contributed by atoms with Crippen LogP contribution in [0.4, 0.5) is 17.6 Å². The molecular formula is C16H13F4N3O3. The fraction of sp³-hybridized carbons (Fsp3) is 0.250. The zero-order valence-corrected chi connectivity index (χ0v) is 13.3. The fourth-order valence-electron chi connectivity index (χ4n) is 2.14. The zero-order valence-electron chi connectivity index (χ0n) is 13.3. The van der Waals surface area contributed by atoms with Gasteiger partial charge in [0, 0.05) is 12.2 Å². The summed E-state index contributed by atoms with van der Waals surface area (Å²) in [5.74, 6) is -5.49. The van der Waals surface area contributed by atoms with Gasteiger partial charge in [0.2, 0.25) is 5.82 Å². The standard InChI is InChI=1S/C16H13F4N3O3/c1-8-6-12(23-15(22-8)16(18,19)20)13(24)21-7-11(14(25)26)9-2-4-10(17)5-3-9/h2-6,11H,7H2,1H3,(H,21,24)(H,25,26). The minimum Gasteiger partial charge on any atom is -0.481 e. The summed E-state index contributed by atoms with van der Waals surface area (Å²) in [4.78, 5) is 29.8. The summed E-state index contributed by atoms with van der Waals surface area (Å²) in [6.07, 6.45) is -4.82. The molecule has 138 valence electrons. The Morgan fingerprint density at radius 1 is 1.19 bits per heavy atom. The zero-order chi connectivity index (χ0) is 19.5. The molecule has 0 aliphatic carbocycles. The molecule has 10 heteroatoms. The Kier molecular flexibility index (Phi) is 5.53. The van der Waals surface area contributed by atoms with E-state index in [0.29, 0.717) is 0 Å². The molecule has 0 saturated heterocycles. The van der Waals surface area contributed by atoms with Crippen LogP contribution in [0.3, 0.4) is 0 Å². The van der Waals surface area contributed by atoms with Gasteiger partial charge >= 0.3 is 12.1 Å². The van der Waals surface area contributed by atoms with Crippen LogP contribution in [-0.2, 0) is 11.0 Å². The molecule has 1 amide bonds. The summed E-state index contributed by atoms with van der Waals surface area (Å²) in [5.41, 5.74) is -0.368.